The van der Waals surface area contributed by atoms with E-state index in [2.05, 4.69) is 20.0 Å². The largest absolute Gasteiger partial charge is 0.451 e. The lowest BCUT2D eigenvalue weighted by molar-refractivity contribution is 0.0132. The predicted octanol–water partition coefficient (Wildman–Crippen LogP) is 5.18. The molecule has 226 valence electrons. The van der Waals surface area contributed by atoms with E-state index >= 15 is 8.78 Å². The number of rotatable bonds is 10. The molecule has 0 spiro atoms. The zero-order chi connectivity index (χ0) is 30.3. The van der Waals surface area contributed by atoms with Crippen molar-refractivity contribution in [2.75, 3.05) is 18.5 Å². The van der Waals surface area contributed by atoms with E-state index in [9.17, 15) is 22.0 Å². The number of carbonyl (C=O) groups excluding carboxylic acids is 1. The maximum atomic E-state index is 15.1. The number of para-hydroxylation sites is 1. The standard InChI is InChI=1S/C29H26F4N4O5S/c30-21-2-1-3-22(31)28(21)42-16-6-9-19(23(32)10-16)27(38)20-12-34-29-25(20)26(24(33)13-35-29)37-15-4-5-17(41-14-15)11-36-43(39,40)18-7-8-18/h1-3,6,9-10,12-13,15,17-18,36H,4-5,7-8,11,14H2,(H2,34,35,37)/t15-,17+/m1/s1. The van der Waals surface area contributed by atoms with Gasteiger partial charge in [0.25, 0.3) is 0 Å². The van der Waals surface area contributed by atoms with Gasteiger partial charge in [-0.05, 0) is 49.9 Å². The molecule has 2 aliphatic rings. The fourth-order valence-corrected chi connectivity index (χ4v) is 6.38. The van der Waals surface area contributed by atoms with Crippen molar-refractivity contribution in [3.8, 4) is 11.5 Å². The number of fused-ring (bicyclic) bond motifs is 1. The zero-order valence-electron chi connectivity index (χ0n) is 22.5. The molecular weight excluding hydrogens is 592 g/mol. The minimum Gasteiger partial charge on any atom is -0.451 e. The predicted molar refractivity (Wildman–Crippen MR) is 149 cm³/mol. The molecule has 3 N–H and O–H groups in total. The lowest BCUT2D eigenvalue weighted by Crippen LogP contribution is -2.41. The van der Waals surface area contributed by atoms with Crippen LogP contribution in [-0.2, 0) is 14.8 Å². The van der Waals surface area contributed by atoms with Gasteiger partial charge in [0.05, 0.1) is 46.4 Å². The summed E-state index contributed by atoms with van der Waals surface area (Å²) in [5, 5.41) is 2.85. The second kappa shape index (κ2) is 11.6. The summed E-state index contributed by atoms with van der Waals surface area (Å²) in [6.07, 6.45) is 4.31. The Hall–Kier alpha value is -4.01. The number of anilines is 1. The number of ether oxygens (including phenoxy) is 2. The first-order valence-electron chi connectivity index (χ1n) is 13.6. The summed E-state index contributed by atoms with van der Waals surface area (Å²) >= 11 is 0. The third-order valence-electron chi connectivity index (χ3n) is 7.42. The Morgan fingerprint density at radius 1 is 1.00 bits per heavy atom. The lowest BCUT2D eigenvalue weighted by atomic mass is 10.0. The molecule has 1 aliphatic carbocycles. The second-order valence-electron chi connectivity index (χ2n) is 10.5. The van der Waals surface area contributed by atoms with Crippen molar-refractivity contribution in [2.24, 2.45) is 0 Å². The molecule has 1 aliphatic heterocycles. The molecule has 0 radical (unpaired) electrons. The smallest absolute Gasteiger partial charge is 0.214 e. The summed E-state index contributed by atoms with van der Waals surface area (Å²) < 4.78 is 95.8. The molecule has 0 unspecified atom stereocenters. The molecule has 0 bridgehead atoms. The van der Waals surface area contributed by atoms with Crippen LogP contribution in [0.1, 0.15) is 41.6 Å². The Kier molecular flexibility index (Phi) is 7.83. The van der Waals surface area contributed by atoms with Crippen LogP contribution in [-0.4, -0.2) is 54.7 Å². The van der Waals surface area contributed by atoms with Gasteiger partial charge in [0, 0.05) is 24.8 Å². The molecule has 43 heavy (non-hydrogen) atoms. The fourth-order valence-electron chi connectivity index (χ4n) is 4.97. The topological polar surface area (TPSA) is 122 Å². The van der Waals surface area contributed by atoms with E-state index in [-0.39, 0.29) is 64.1 Å². The molecule has 0 amide bonds. The van der Waals surface area contributed by atoms with Gasteiger partial charge in [-0.3, -0.25) is 4.79 Å². The van der Waals surface area contributed by atoms with Gasteiger partial charge < -0.3 is 19.8 Å². The highest BCUT2D eigenvalue weighted by Gasteiger charge is 2.36. The molecule has 9 nitrogen and oxygen atoms in total. The number of benzene rings is 2. The maximum Gasteiger partial charge on any atom is 0.214 e. The van der Waals surface area contributed by atoms with Crippen LogP contribution in [0.3, 0.4) is 0 Å². The number of hydrogen-bond donors (Lipinski definition) is 3. The zero-order valence-corrected chi connectivity index (χ0v) is 23.3. The summed E-state index contributed by atoms with van der Waals surface area (Å²) in [6.45, 7) is 0.311. The summed E-state index contributed by atoms with van der Waals surface area (Å²) in [4.78, 5) is 20.3. The fraction of sp³-hybridized carbons (Fsp3) is 0.310. The lowest BCUT2D eigenvalue weighted by Gasteiger charge is -2.30. The van der Waals surface area contributed by atoms with E-state index in [4.69, 9.17) is 9.47 Å². The normalized spacial score (nSPS) is 19.0. The van der Waals surface area contributed by atoms with Gasteiger partial charge in [0.2, 0.25) is 10.0 Å². The van der Waals surface area contributed by atoms with Crippen LogP contribution in [0.4, 0.5) is 23.2 Å². The highest BCUT2D eigenvalue weighted by Crippen LogP contribution is 2.34. The number of hydrogen-bond acceptors (Lipinski definition) is 7. The van der Waals surface area contributed by atoms with Gasteiger partial charge >= 0.3 is 0 Å². The van der Waals surface area contributed by atoms with Crippen molar-refractivity contribution >= 4 is 32.5 Å². The maximum absolute atomic E-state index is 15.1. The first-order valence-corrected chi connectivity index (χ1v) is 15.1. The number of aromatic amines is 1. The number of aromatic nitrogens is 2. The number of sulfonamides is 1. The van der Waals surface area contributed by atoms with Crippen molar-refractivity contribution in [1.82, 2.24) is 14.7 Å². The van der Waals surface area contributed by atoms with Crippen LogP contribution in [0.5, 0.6) is 11.5 Å². The highest BCUT2D eigenvalue weighted by molar-refractivity contribution is 7.90. The van der Waals surface area contributed by atoms with Gasteiger partial charge in [-0.1, -0.05) is 6.07 Å². The third kappa shape index (κ3) is 6.08. The number of halogens is 4. The Morgan fingerprint density at radius 2 is 1.77 bits per heavy atom. The number of H-pyrrole nitrogens is 1. The Balaban J connectivity index is 1.18. The minimum absolute atomic E-state index is 0.0218. The summed E-state index contributed by atoms with van der Waals surface area (Å²) in [6, 6.07) is 5.89. The molecule has 1 saturated carbocycles. The number of nitrogens with one attached hydrogen (secondary N) is 3. The van der Waals surface area contributed by atoms with Crippen LogP contribution < -0.4 is 14.8 Å². The first-order chi connectivity index (χ1) is 20.6. The third-order valence-corrected chi connectivity index (χ3v) is 9.34. The first kappa shape index (κ1) is 29.1. The van der Waals surface area contributed by atoms with Crippen molar-refractivity contribution in [3.63, 3.8) is 0 Å². The van der Waals surface area contributed by atoms with E-state index in [1.165, 1.54) is 12.3 Å². The summed E-state index contributed by atoms with van der Waals surface area (Å²) in [5.74, 6) is -5.45. The summed E-state index contributed by atoms with van der Waals surface area (Å²) in [5.41, 5.74) is -0.269. The van der Waals surface area contributed by atoms with Gasteiger partial charge in [0.15, 0.2) is 29.0 Å². The van der Waals surface area contributed by atoms with Crippen molar-refractivity contribution in [2.45, 2.75) is 43.1 Å². The minimum atomic E-state index is -3.33. The average molecular weight is 619 g/mol. The van der Waals surface area contributed by atoms with Gasteiger partial charge in [0.1, 0.15) is 17.2 Å². The molecule has 4 aromatic rings. The van der Waals surface area contributed by atoms with Crippen LogP contribution in [0.15, 0.2) is 48.8 Å². The SMILES string of the molecule is O=C(c1ccc(Oc2c(F)cccc2F)cc1F)c1c[nH]c2ncc(F)c(N[C@@H]3CC[C@@H](CNS(=O)(=O)C4CC4)OC3)c12. The van der Waals surface area contributed by atoms with Crippen LogP contribution >= 0.6 is 0 Å². The molecule has 2 atom stereocenters. The van der Waals surface area contributed by atoms with Crippen LogP contribution in [0.2, 0.25) is 0 Å². The van der Waals surface area contributed by atoms with E-state index in [1.54, 1.807) is 0 Å². The molecule has 2 aromatic heterocycles. The van der Waals surface area contributed by atoms with E-state index < -0.39 is 44.8 Å². The highest BCUT2D eigenvalue weighted by atomic mass is 32.2. The molecule has 6 rings (SSSR count). The molecule has 1 saturated heterocycles. The number of pyridine rings is 1. The number of carbonyl (C=O) groups is 1. The molecule has 2 aromatic carbocycles. The van der Waals surface area contributed by atoms with Gasteiger partial charge in [-0.15, -0.1) is 0 Å². The molecular formula is C29H26F4N4O5S. The van der Waals surface area contributed by atoms with Crippen molar-refractivity contribution in [1.29, 1.82) is 0 Å². The molecule has 3 heterocycles. The number of ketones is 1. The molecule has 14 heteroatoms. The van der Waals surface area contributed by atoms with Crippen LogP contribution in [0.25, 0.3) is 11.0 Å². The van der Waals surface area contributed by atoms with Crippen molar-refractivity contribution in [3.05, 3.63) is 83.2 Å². The van der Waals surface area contributed by atoms with Crippen molar-refractivity contribution < 1.29 is 40.2 Å². The molecule has 2 fully saturated rings. The van der Waals surface area contributed by atoms with E-state index in [1.807, 2.05) is 0 Å². The van der Waals surface area contributed by atoms with E-state index in [0.717, 1.165) is 36.5 Å². The monoisotopic (exact) mass is 618 g/mol. The van der Waals surface area contributed by atoms with Crippen LogP contribution in [0, 0.1) is 23.3 Å². The average Bonchev–Trinajstić information content (AvgIpc) is 3.76. The van der Waals surface area contributed by atoms with Gasteiger partial charge in [-0.25, -0.2) is 35.7 Å². The Bertz CT molecular complexity index is 1780. The number of nitrogens with zero attached hydrogens (tertiary/aromatic N) is 1. The van der Waals surface area contributed by atoms with E-state index in [0.29, 0.717) is 25.7 Å². The summed E-state index contributed by atoms with van der Waals surface area (Å²) in [7, 11) is -3.33. The Morgan fingerprint density at radius 3 is 2.44 bits per heavy atom. The van der Waals surface area contributed by atoms with Gasteiger partial charge in [-0.2, -0.15) is 0 Å². The Labute approximate surface area is 243 Å². The quantitative estimate of drug-likeness (QED) is 0.165. The second-order valence-corrected chi connectivity index (χ2v) is 12.5.